The van der Waals surface area contributed by atoms with Crippen LogP contribution in [0.5, 0.6) is 0 Å². The van der Waals surface area contributed by atoms with Crippen molar-refractivity contribution in [1.29, 1.82) is 0 Å². The molecule has 2 aromatic rings. The minimum atomic E-state index is 0.218. The molecule has 1 aliphatic heterocycles. The van der Waals surface area contributed by atoms with Crippen molar-refractivity contribution in [1.82, 2.24) is 10.3 Å². The average Bonchev–Trinajstić information content (AvgIpc) is 2.36. The lowest BCUT2D eigenvalue weighted by molar-refractivity contribution is 0.435. The van der Waals surface area contributed by atoms with Crippen LogP contribution in [0.1, 0.15) is 36.4 Å². The molecule has 3 rings (SSSR count). The fraction of sp³-hybridized carbons (Fsp3) is 0.389. The van der Waals surface area contributed by atoms with E-state index in [4.69, 9.17) is 0 Å². The van der Waals surface area contributed by atoms with Crippen LogP contribution in [0.25, 0.3) is 11.1 Å². The van der Waals surface area contributed by atoms with Crippen molar-refractivity contribution in [3.63, 3.8) is 0 Å². The summed E-state index contributed by atoms with van der Waals surface area (Å²) in [5.41, 5.74) is 7.83. The molecule has 1 aromatic heterocycles. The molecule has 0 radical (unpaired) electrons. The third-order valence-electron chi connectivity index (χ3n) is 4.13. The summed E-state index contributed by atoms with van der Waals surface area (Å²) in [7, 11) is 0. The van der Waals surface area contributed by atoms with Crippen molar-refractivity contribution in [2.24, 2.45) is 0 Å². The van der Waals surface area contributed by atoms with E-state index in [1.54, 1.807) is 0 Å². The van der Waals surface area contributed by atoms with E-state index in [-0.39, 0.29) is 5.41 Å². The van der Waals surface area contributed by atoms with Gasteiger partial charge in [-0.25, -0.2) is 0 Å². The Labute approximate surface area is 121 Å². The quantitative estimate of drug-likeness (QED) is 0.850. The number of aryl methyl sites for hydroxylation is 2. The molecule has 0 bridgehead atoms. The van der Waals surface area contributed by atoms with Gasteiger partial charge < -0.3 is 5.32 Å². The lowest BCUT2D eigenvalue weighted by atomic mass is 9.78. The van der Waals surface area contributed by atoms with Crippen molar-refractivity contribution in [2.45, 2.75) is 39.7 Å². The van der Waals surface area contributed by atoms with Crippen molar-refractivity contribution < 1.29 is 0 Å². The van der Waals surface area contributed by atoms with Crippen molar-refractivity contribution in [3.05, 3.63) is 52.8 Å². The number of hydrogen-bond donors (Lipinski definition) is 1. The first-order valence-corrected chi connectivity index (χ1v) is 7.25. The van der Waals surface area contributed by atoms with Crippen molar-refractivity contribution >= 4 is 0 Å². The van der Waals surface area contributed by atoms with Crippen LogP contribution in [-0.2, 0) is 12.0 Å². The number of hydrogen-bond acceptors (Lipinski definition) is 2. The molecule has 0 spiro atoms. The van der Waals surface area contributed by atoms with Gasteiger partial charge in [0, 0.05) is 29.9 Å². The number of nitrogens with zero attached hydrogens (tertiary/aromatic N) is 1. The van der Waals surface area contributed by atoms with Gasteiger partial charge in [0.1, 0.15) is 0 Å². The summed E-state index contributed by atoms with van der Waals surface area (Å²) in [5, 5.41) is 3.52. The predicted octanol–water partition coefficient (Wildman–Crippen LogP) is 3.75. The van der Waals surface area contributed by atoms with Crippen LogP contribution in [0, 0.1) is 13.8 Å². The molecule has 0 saturated heterocycles. The summed E-state index contributed by atoms with van der Waals surface area (Å²) in [6.45, 7) is 10.7. The van der Waals surface area contributed by atoms with E-state index in [0.29, 0.717) is 0 Å². The van der Waals surface area contributed by atoms with Crippen molar-refractivity contribution in [3.8, 4) is 11.1 Å². The number of nitrogens with one attached hydrogen (secondary N) is 1. The smallest absolute Gasteiger partial charge is 0.0382 e. The largest absolute Gasteiger partial charge is 0.312 e. The van der Waals surface area contributed by atoms with Gasteiger partial charge >= 0.3 is 0 Å². The first-order chi connectivity index (χ1) is 9.45. The van der Waals surface area contributed by atoms with E-state index in [1.807, 2.05) is 0 Å². The number of pyridine rings is 1. The standard InChI is InChI=1S/C18H22N2/c1-12-7-15(8-13(2)20-12)14-5-6-17-16(9-14)10-19-11-18(17,3)4/h5-9,19H,10-11H2,1-4H3. The van der Waals surface area contributed by atoms with Crippen molar-refractivity contribution in [2.75, 3.05) is 6.54 Å². The molecule has 0 unspecified atom stereocenters. The summed E-state index contributed by atoms with van der Waals surface area (Å²) in [6.07, 6.45) is 0. The van der Waals surface area contributed by atoms with Crippen LogP contribution in [0.15, 0.2) is 30.3 Å². The Kier molecular flexibility index (Phi) is 3.14. The molecule has 0 atom stereocenters. The van der Waals surface area contributed by atoms with Gasteiger partial charge in [-0.15, -0.1) is 0 Å². The molecule has 1 aromatic carbocycles. The van der Waals surface area contributed by atoms with Gasteiger partial charge in [-0.2, -0.15) is 0 Å². The van der Waals surface area contributed by atoms with Crippen LogP contribution in [0.2, 0.25) is 0 Å². The van der Waals surface area contributed by atoms with E-state index >= 15 is 0 Å². The predicted molar refractivity (Wildman–Crippen MR) is 83.9 cm³/mol. The maximum absolute atomic E-state index is 4.46. The molecule has 2 heteroatoms. The van der Waals surface area contributed by atoms with Crippen LogP contribution in [0.4, 0.5) is 0 Å². The SMILES string of the molecule is Cc1cc(-c2ccc3c(c2)CNCC3(C)C)cc(C)n1. The fourth-order valence-electron chi connectivity index (χ4n) is 3.19. The van der Waals surface area contributed by atoms with E-state index in [0.717, 1.165) is 24.5 Å². The highest BCUT2D eigenvalue weighted by atomic mass is 14.9. The summed E-state index contributed by atoms with van der Waals surface area (Å²) in [6, 6.07) is 11.2. The summed E-state index contributed by atoms with van der Waals surface area (Å²) in [4.78, 5) is 4.46. The zero-order valence-corrected chi connectivity index (χ0v) is 12.7. The highest BCUT2D eigenvalue weighted by Crippen LogP contribution is 2.32. The maximum Gasteiger partial charge on any atom is 0.0382 e. The van der Waals surface area contributed by atoms with Crippen LogP contribution >= 0.6 is 0 Å². The van der Waals surface area contributed by atoms with Gasteiger partial charge in [-0.05, 0) is 54.3 Å². The number of benzene rings is 1. The molecule has 20 heavy (non-hydrogen) atoms. The van der Waals surface area contributed by atoms with Crippen LogP contribution in [-0.4, -0.2) is 11.5 Å². The molecule has 2 heterocycles. The highest BCUT2D eigenvalue weighted by molar-refractivity contribution is 5.66. The first-order valence-electron chi connectivity index (χ1n) is 7.25. The summed E-state index contributed by atoms with van der Waals surface area (Å²) >= 11 is 0. The van der Waals surface area contributed by atoms with Gasteiger partial charge in [-0.1, -0.05) is 26.0 Å². The molecule has 1 aliphatic rings. The second-order valence-corrected chi connectivity index (χ2v) is 6.50. The second kappa shape index (κ2) is 4.71. The fourth-order valence-corrected chi connectivity index (χ4v) is 3.19. The Morgan fingerprint density at radius 1 is 1.00 bits per heavy atom. The molecular formula is C18H22N2. The molecule has 1 N–H and O–H groups in total. The molecule has 0 amide bonds. The second-order valence-electron chi connectivity index (χ2n) is 6.50. The molecule has 0 fully saturated rings. The minimum absolute atomic E-state index is 0.218. The third kappa shape index (κ3) is 2.36. The topological polar surface area (TPSA) is 24.9 Å². The van der Waals surface area contributed by atoms with E-state index in [2.05, 4.69) is 68.3 Å². The lowest BCUT2D eigenvalue weighted by Gasteiger charge is -2.33. The van der Waals surface area contributed by atoms with E-state index in [9.17, 15) is 0 Å². The Bertz CT molecular complexity index is 636. The normalized spacial score (nSPS) is 16.8. The third-order valence-corrected chi connectivity index (χ3v) is 4.13. The minimum Gasteiger partial charge on any atom is -0.312 e. The molecule has 0 saturated carbocycles. The van der Waals surface area contributed by atoms with E-state index in [1.165, 1.54) is 22.3 Å². The monoisotopic (exact) mass is 266 g/mol. The van der Waals surface area contributed by atoms with Crippen LogP contribution in [0.3, 0.4) is 0 Å². The molecule has 2 nitrogen and oxygen atoms in total. The van der Waals surface area contributed by atoms with Crippen LogP contribution < -0.4 is 5.32 Å². The van der Waals surface area contributed by atoms with E-state index < -0.39 is 0 Å². The Balaban J connectivity index is 2.08. The van der Waals surface area contributed by atoms with Gasteiger partial charge in [-0.3, -0.25) is 4.98 Å². The highest BCUT2D eigenvalue weighted by Gasteiger charge is 2.27. The lowest BCUT2D eigenvalue weighted by Crippen LogP contribution is -2.38. The Hall–Kier alpha value is -1.67. The summed E-state index contributed by atoms with van der Waals surface area (Å²) in [5.74, 6) is 0. The number of aromatic nitrogens is 1. The van der Waals surface area contributed by atoms with Gasteiger partial charge in [0.15, 0.2) is 0 Å². The zero-order chi connectivity index (χ0) is 14.3. The molecule has 104 valence electrons. The zero-order valence-electron chi connectivity index (χ0n) is 12.7. The molecule has 0 aliphatic carbocycles. The Morgan fingerprint density at radius 2 is 1.70 bits per heavy atom. The van der Waals surface area contributed by atoms with Gasteiger partial charge in [0.2, 0.25) is 0 Å². The van der Waals surface area contributed by atoms with Gasteiger partial charge in [0.05, 0.1) is 0 Å². The Morgan fingerprint density at radius 3 is 2.40 bits per heavy atom. The van der Waals surface area contributed by atoms with Gasteiger partial charge in [0.25, 0.3) is 0 Å². The number of fused-ring (bicyclic) bond motifs is 1. The molecular weight excluding hydrogens is 244 g/mol. The maximum atomic E-state index is 4.46. The average molecular weight is 266 g/mol. The summed E-state index contributed by atoms with van der Waals surface area (Å²) < 4.78 is 0. The number of rotatable bonds is 1. The first kappa shape index (κ1) is 13.3.